The topological polar surface area (TPSA) is 74.2 Å². The van der Waals surface area contributed by atoms with Crippen molar-refractivity contribution in [3.63, 3.8) is 0 Å². The van der Waals surface area contributed by atoms with Crippen molar-refractivity contribution in [2.75, 3.05) is 0 Å². The number of carbonyl (C=O) groups excluding carboxylic acids is 1. The fourth-order valence-corrected chi connectivity index (χ4v) is 2.47. The molecule has 0 aromatic heterocycles. The van der Waals surface area contributed by atoms with Gasteiger partial charge >= 0.3 is 5.97 Å². The predicted molar refractivity (Wildman–Crippen MR) is 96.6 cm³/mol. The molecule has 0 atom stereocenters. The Labute approximate surface area is 153 Å². The maximum Gasteiger partial charge on any atom is 0.376 e. The average Bonchev–Trinajstić information content (AvgIpc) is 2.59. The minimum atomic E-state index is -0.815. The molecular formula is C20H24O6. The van der Waals surface area contributed by atoms with Gasteiger partial charge in [-0.1, -0.05) is 38.1 Å². The third-order valence-corrected chi connectivity index (χ3v) is 3.58. The van der Waals surface area contributed by atoms with Crippen molar-refractivity contribution in [2.24, 2.45) is 0 Å². The SMILES string of the molecule is CC(C)c1ccccc1-c1cc(OOC(C)(C)C)ccc1C(=O)OOO. The quantitative estimate of drug-likeness (QED) is 0.567. The third-order valence-electron chi connectivity index (χ3n) is 3.58. The van der Waals surface area contributed by atoms with Gasteiger partial charge in [-0.25, -0.2) is 10.1 Å². The Morgan fingerprint density at radius 1 is 1.04 bits per heavy atom. The van der Waals surface area contributed by atoms with E-state index in [0.717, 1.165) is 11.1 Å². The van der Waals surface area contributed by atoms with E-state index in [1.54, 1.807) is 12.1 Å². The van der Waals surface area contributed by atoms with Crippen molar-refractivity contribution in [1.82, 2.24) is 0 Å². The van der Waals surface area contributed by atoms with Crippen LogP contribution in [0.2, 0.25) is 0 Å². The van der Waals surface area contributed by atoms with E-state index < -0.39 is 11.6 Å². The first-order chi connectivity index (χ1) is 12.2. The minimum Gasteiger partial charge on any atom is -0.337 e. The first-order valence-corrected chi connectivity index (χ1v) is 8.34. The molecule has 0 heterocycles. The lowest BCUT2D eigenvalue weighted by Gasteiger charge is -2.19. The second kappa shape index (κ2) is 8.31. The molecule has 2 rings (SSSR count). The standard InChI is InChI=1S/C20H24O6/c1-13(2)15-8-6-7-9-16(15)18-12-14(23-25-20(3,4)5)10-11-17(18)19(21)24-26-22/h6-13,22H,1-5H3. The highest BCUT2D eigenvalue weighted by Gasteiger charge is 2.20. The van der Waals surface area contributed by atoms with Crippen LogP contribution in [0.4, 0.5) is 0 Å². The molecule has 6 heteroatoms. The molecule has 0 bridgehead atoms. The van der Waals surface area contributed by atoms with E-state index in [4.69, 9.17) is 15.0 Å². The van der Waals surface area contributed by atoms with Gasteiger partial charge in [0.2, 0.25) is 0 Å². The van der Waals surface area contributed by atoms with Crippen LogP contribution >= 0.6 is 0 Å². The van der Waals surface area contributed by atoms with Crippen LogP contribution in [-0.4, -0.2) is 16.8 Å². The van der Waals surface area contributed by atoms with Gasteiger partial charge in [0, 0.05) is 5.56 Å². The fraction of sp³-hybridized carbons (Fsp3) is 0.350. The maximum absolute atomic E-state index is 12.2. The number of carbonyl (C=O) groups is 1. The molecule has 0 aliphatic carbocycles. The van der Waals surface area contributed by atoms with Gasteiger partial charge in [-0.05, 0) is 61.1 Å². The molecule has 0 spiro atoms. The molecule has 0 saturated heterocycles. The normalized spacial score (nSPS) is 11.5. The smallest absolute Gasteiger partial charge is 0.337 e. The summed E-state index contributed by atoms with van der Waals surface area (Å²) in [6.07, 6.45) is 0. The van der Waals surface area contributed by atoms with Crippen LogP contribution in [0.5, 0.6) is 5.75 Å². The first kappa shape index (κ1) is 19.9. The summed E-state index contributed by atoms with van der Waals surface area (Å²) in [5.41, 5.74) is 2.24. The number of hydrogen-bond acceptors (Lipinski definition) is 6. The molecule has 26 heavy (non-hydrogen) atoms. The Morgan fingerprint density at radius 2 is 1.73 bits per heavy atom. The summed E-state index contributed by atoms with van der Waals surface area (Å²) >= 11 is 0. The largest absolute Gasteiger partial charge is 0.376 e. The van der Waals surface area contributed by atoms with E-state index in [2.05, 4.69) is 23.8 Å². The van der Waals surface area contributed by atoms with Crippen molar-refractivity contribution in [3.8, 4) is 16.9 Å². The van der Waals surface area contributed by atoms with Crippen LogP contribution in [0, 0.1) is 0 Å². The maximum atomic E-state index is 12.2. The van der Waals surface area contributed by atoms with E-state index in [9.17, 15) is 4.79 Å². The van der Waals surface area contributed by atoms with Crippen molar-refractivity contribution in [1.29, 1.82) is 0 Å². The predicted octanol–water partition coefficient (Wildman–Crippen LogP) is 5.15. The second-order valence-corrected chi connectivity index (χ2v) is 7.17. The highest BCUT2D eigenvalue weighted by molar-refractivity contribution is 5.98. The summed E-state index contributed by atoms with van der Waals surface area (Å²) in [5.74, 6) is -0.140. The molecule has 140 valence electrons. The van der Waals surface area contributed by atoms with Gasteiger partial charge in [0.15, 0.2) is 5.75 Å². The van der Waals surface area contributed by atoms with Gasteiger partial charge in [0.05, 0.1) is 5.56 Å². The van der Waals surface area contributed by atoms with E-state index in [1.165, 1.54) is 6.07 Å². The van der Waals surface area contributed by atoms with Gasteiger partial charge in [0.25, 0.3) is 0 Å². The lowest BCUT2D eigenvalue weighted by molar-refractivity contribution is -0.455. The number of hydrogen-bond donors (Lipinski definition) is 1. The lowest BCUT2D eigenvalue weighted by Crippen LogP contribution is -2.21. The van der Waals surface area contributed by atoms with Gasteiger partial charge in [-0.15, -0.1) is 0 Å². The Balaban J connectivity index is 2.54. The Morgan fingerprint density at radius 3 is 2.35 bits per heavy atom. The van der Waals surface area contributed by atoms with Crippen molar-refractivity contribution in [2.45, 2.75) is 46.1 Å². The molecule has 0 radical (unpaired) electrons. The number of rotatable bonds is 6. The molecule has 2 aromatic carbocycles. The van der Waals surface area contributed by atoms with Crippen LogP contribution in [0.1, 0.15) is 56.5 Å². The van der Waals surface area contributed by atoms with Gasteiger partial charge in [-0.3, -0.25) is 4.89 Å². The summed E-state index contributed by atoms with van der Waals surface area (Å²) in [6, 6.07) is 12.6. The lowest BCUT2D eigenvalue weighted by atomic mass is 9.90. The zero-order chi connectivity index (χ0) is 19.3. The zero-order valence-electron chi connectivity index (χ0n) is 15.6. The Bertz CT molecular complexity index is 761. The molecule has 6 nitrogen and oxygen atoms in total. The minimum absolute atomic E-state index is 0.232. The van der Waals surface area contributed by atoms with E-state index in [1.807, 2.05) is 45.0 Å². The molecular weight excluding hydrogens is 336 g/mol. The average molecular weight is 360 g/mol. The molecule has 0 amide bonds. The summed E-state index contributed by atoms with van der Waals surface area (Å²) in [4.78, 5) is 27.2. The monoisotopic (exact) mass is 360 g/mol. The molecule has 1 N–H and O–H groups in total. The summed E-state index contributed by atoms with van der Waals surface area (Å²) < 4.78 is 0. The third kappa shape index (κ3) is 5.05. The molecule has 0 fully saturated rings. The second-order valence-electron chi connectivity index (χ2n) is 7.17. The van der Waals surface area contributed by atoms with Crippen LogP contribution in [-0.2, 0) is 14.8 Å². The fourth-order valence-electron chi connectivity index (χ4n) is 2.47. The van der Waals surface area contributed by atoms with Gasteiger partial charge in [-0.2, -0.15) is 4.89 Å². The summed E-state index contributed by atoms with van der Waals surface area (Å²) in [7, 11) is 0. The summed E-state index contributed by atoms with van der Waals surface area (Å²) in [6.45, 7) is 9.73. The van der Waals surface area contributed by atoms with Crippen LogP contribution < -0.4 is 4.89 Å². The van der Waals surface area contributed by atoms with E-state index >= 15 is 0 Å². The highest BCUT2D eigenvalue weighted by atomic mass is 17.5. The summed E-state index contributed by atoms with van der Waals surface area (Å²) in [5, 5.41) is 12.0. The van der Waals surface area contributed by atoms with Crippen molar-refractivity contribution < 1.29 is 29.8 Å². The number of benzene rings is 2. The van der Waals surface area contributed by atoms with E-state index in [-0.39, 0.29) is 11.5 Å². The van der Waals surface area contributed by atoms with Crippen LogP contribution in [0.3, 0.4) is 0 Å². The molecule has 0 saturated carbocycles. The van der Waals surface area contributed by atoms with Crippen molar-refractivity contribution >= 4 is 5.97 Å². The molecule has 2 aromatic rings. The van der Waals surface area contributed by atoms with Crippen molar-refractivity contribution in [3.05, 3.63) is 53.6 Å². The van der Waals surface area contributed by atoms with Crippen LogP contribution in [0.15, 0.2) is 42.5 Å². The van der Waals surface area contributed by atoms with Crippen LogP contribution in [0.25, 0.3) is 11.1 Å². The molecule has 0 aliphatic rings. The zero-order valence-corrected chi connectivity index (χ0v) is 15.6. The Kier molecular flexibility index (Phi) is 6.37. The highest BCUT2D eigenvalue weighted by Crippen LogP contribution is 2.34. The Hall–Kier alpha value is -2.41. The van der Waals surface area contributed by atoms with E-state index in [0.29, 0.717) is 11.3 Å². The first-order valence-electron chi connectivity index (χ1n) is 8.34. The van der Waals surface area contributed by atoms with Gasteiger partial charge < -0.3 is 4.89 Å². The molecule has 0 unspecified atom stereocenters. The van der Waals surface area contributed by atoms with Gasteiger partial charge in [0.1, 0.15) is 5.60 Å². The molecule has 0 aliphatic heterocycles.